The van der Waals surface area contributed by atoms with Crippen molar-refractivity contribution in [1.29, 1.82) is 0 Å². The fourth-order valence-electron chi connectivity index (χ4n) is 2.06. The Hall–Kier alpha value is -1.19. The van der Waals surface area contributed by atoms with Crippen LogP contribution in [0.25, 0.3) is 0 Å². The monoisotopic (exact) mass is 323 g/mol. The molecule has 9 heteroatoms. The summed E-state index contributed by atoms with van der Waals surface area (Å²) in [6.45, 7) is 0.443. The first kappa shape index (κ1) is 17.9. The number of nitrogens with one attached hydrogen (secondary N) is 1. The number of methoxy groups -OCH3 is 1. The van der Waals surface area contributed by atoms with Crippen LogP contribution in [-0.2, 0) is 29.1 Å². The fraction of sp³-hybridized carbons (Fsp3) is 0.833. The van der Waals surface area contributed by atoms with Crippen molar-refractivity contribution in [1.82, 2.24) is 4.72 Å². The molecule has 8 nitrogen and oxygen atoms in total. The lowest BCUT2D eigenvalue weighted by Gasteiger charge is -2.33. The topological polar surface area (TPSA) is 119 Å². The number of ether oxygens (including phenoxy) is 2. The van der Waals surface area contributed by atoms with Gasteiger partial charge in [0.2, 0.25) is 10.0 Å². The molecule has 0 saturated carbocycles. The Balaban J connectivity index is 2.50. The van der Waals surface area contributed by atoms with Crippen LogP contribution in [0.5, 0.6) is 0 Å². The van der Waals surface area contributed by atoms with Crippen molar-refractivity contribution in [2.45, 2.75) is 25.7 Å². The number of esters is 1. The van der Waals surface area contributed by atoms with E-state index in [1.54, 1.807) is 0 Å². The first-order chi connectivity index (χ1) is 9.81. The maximum Gasteiger partial charge on any atom is 0.311 e. The maximum absolute atomic E-state index is 11.8. The van der Waals surface area contributed by atoms with Crippen molar-refractivity contribution >= 4 is 22.0 Å². The molecule has 0 aromatic heterocycles. The summed E-state index contributed by atoms with van der Waals surface area (Å²) in [5.41, 5.74) is -1.12. The van der Waals surface area contributed by atoms with Crippen molar-refractivity contribution < 1.29 is 32.6 Å². The van der Waals surface area contributed by atoms with E-state index in [4.69, 9.17) is 4.74 Å². The van der Waals surface area contributed by atoms with Crippen molar-refractivity contribution in [2.75, 3.05) is 32.6 Å². The van der Waals surface area contributed by atoms with E-state index in [0.717, 1.165) is 0 Å². The third-order valence-corrected chi connectivity index (χ3v) is 4.97. The van der Waals surface area contributed by atoms with Crippen LogP contribution in [0.1, 0.15) is 25.7 Å². The number of rotatable bonds is 8. The average molecular weight is 323 g/mol. The minimum atomic E-state index is -3.62. The van der Waals surface area contributed by atoms with Crippen LogP contribution in [0.2, 0.25) is 0 Å². The largest absolute Gasteiger partial charge is 0.481 e. The molecule has 21 heavy (non-hydrogen) atoms. The predicted molar refractivity (Wildman–Crippen MR) is 73.2 cm³/mol. The van der Waals surface area contributed by atoms with Gasteiger partial charge in [0.25, 0.3) is 0 Å². The van der Waals surface area contributed by atoms with Crippen LogP contribution in [0, 0.1) is 5.41 Å². The van der Waals surface area contributed by atoms with E-state index in [0.29, 0.717) is 13.2 Å². The number of carboxylic acids is 1. The van der Waals surface area contributed by atoms with Crippen LogP contribution < -0.4 is 4.72 Å². The van der Waals surface area contributed by atoms with E-state index in [2.05, 4.69) is 9.46 Å². The number of carbonyl (C=O) groups excluding carboxylic acids is 1. The number of carbonyl (C=O) groups is 2. The number of hydrogen-bond acceptors (Lipinski definition) is 6. The molecule has 1 aliphatic rings. The minimum Gasteiger partial charge on any atom is -0.481 e. The van der Waals surface area contributed by atoms with Gasteiger partial charge in [-0.2, -0.15) is 0 Å². The highest BCUT2D eigenvalue weighted by Gasteiger charge is 2.40. The summed E-state index contributed by atoms with van der Waals surface area (Å²) < 4.78 is 35.5. The molecule has 122 valence electrons. The standard InChI is InChI=1S/C12H21NO7S/c1-19-10(14)3-2-8-21(17,18)13-9-12(11(15)16)4-6-20-7-5-12/h13H,2-9H2,1H3,(H,15,16). The van der Waals surface area contributed by atoms with Crippen molar-refractivity contribution in [3.63, 3.8) is 0 Å². The Morgan fingerprint density at radius 1 is 1.33 bits per heavy atom. The average Bonchev–Trinajstić information content (AvgIpc) is 2.45. The Morgan fingerprint density at radius 2 is 1.95 bits per heavy atom. The van der Waals surface area contributed by atoms with Crippen LogP contribution in [-0.4, -0.2) is 58.1 Å². The van der Waals surface area contributed by atoms with Crippen molar-refractivity contribution in [3.05, 3.63) is 0 Å². The molecule has 0 unspecified atom stereocenters. The third kappa shape index (κ3) is 5.60. The molecule has 0 aromatic rings. The Bertz CT molecular complexity index is 468. The third-order valence-electron chi connectivity index (χ3n) is 3.56. The molecule has 1 rings (SSSR count). The van der Waals surface area contributed by atoms with Gasteiger partial charge in [-0.05, 0) is 19.3 Å². The van der Waals surface area contributed by atoms with Gasteiger partial charge in [0.1, 0.15) is 0 Å². The zero-order valence-electron chi connectivity index (χ0n) is 12.0. The molecule has 0 aliphatic carbocycles. The molecule has 0 amide bonds. The summed E-state index contributed by atoms with van der Waals surface area (Å²) >= 11 is 0. The summed E-state index contributed by atoms with van der Waals surface area (Å²) in [6.07, 6.45) is 0.681. The molecule has 0 spiro atoms. The normalized spacial score (nSPS) is 18.1. The van der Waals surface area contributed by atoms with E-state index in [9.17, 15) is 23.1 Å². The quantitative estimate of drug-likeness (QED) is 0.591. The van der Waals surface area contributed by atoms with Gasteiger partial charge >= 0.3 is 11.9 Å². The summed E-state index contributed by atoms with van der Waals surface area (Å²) in [6, 6.07) is 0. The van der Waals surface area contributed by atoms with Crippen LogP contribution in [0.15, 0.2) is 0 Å². The second-order valence-corrected chi connectivity index (χ2v) is 6.94. The smallest absolute Gasteiger partial charge is 0.311 e. The van der Waals surface area contributed by atoms with Gasteiger partial charge in [0.05, 0.1) is 18.3 Å². The summed E-state index contributed by atoms with van der Waals surface area (Å²) in [5.74, 6) is -1.74. The Kier molecular flexibility index (Phi) is 6.56. The molecule has 1 aliphatic heterocycles. The molecular formula is C12H21NO7S. The van der Waals surface area contributed by atoms with Gasteiger partial charge in [-0.25, -0.2) is 13.1 Å². The summed E-state index contributed by atoms with van der Waals surface area (Å²) in [5, 5.41) is 9.31. The first-order valence-corrected chi connectivity index (χ1v) is 8.32. The predicted octanol–water partition coefficient (Wildman–Crippen LogP) is -0.260. The van der Waals surface area contributed by atoms with E-state index in [-0.39, 0.29) is 38.0 Å². The van der Waals surface area contributed by atoms with E-state index >= 15 is 0 Å². The lowest BCUT2D eigenvalue weighted by atomic mass is 9.80. The van der Waals surface area contributed by atoms with Crippen LogP contribution >= 0.6 is 0 Å². The number of sulfonamides is 1. The van der Waals surface area contributed by atoms with Crippen LogP contribution in [0.3, 0.4) is 0 Å². The van der Waals surface area contributed by atoms with Gasteiger partial charge in [0.15, 0.2) is 0 Å². The summed E-state index contributed by atoms with van der Waals surface area (Å²) in [4.78, 5) is 22.3. The second kappa shape index (κ2) is 7.71. The molecule has 1 saturated heterocycles. The molecule has 2 N–H and O–H groups in total. The maximum atomic E-state index is 11.8. The minimum absolute atomic E-state index is 0.00925. The highest BCUT2D eigenvalue weighted by atomic mass is 32.2. The van der Waals surface area contributed by atoms with Gasteiger partial charge in [-0.15, -0.1) is 0 Å². The Labute approximate surface area is 123 Å². The summed E-state index contributed by atoms with van der Waals surface area (Å²) in [7, 11) is -2.39. The fourth-order valence-corrected chi connectivity index (χ4v) is 3.22. The molecule has 0 bridgehead atoms. The zero-order valence-corrected chi connectivity index (χ0v) is 12.8. The highest BCUT2D eigenvalue weighted by molar-refractivity contribution is 7.89. The number of hydrogen-bond donors (Lipinski definition) is 2. The van der Waals surface area contributed by atoms with Gasteiger partial charge in [-0.3, -0.25) is 9.59 Å². The zero-order chi connectivity index (χ0) is 15.9. The van der Waals surface area contributed by atoms with E-state index in [1.807, 2.05) is 0 Å². The van der Waals surface area contributed by atoms with Crippen molar-refractivity contribution in [3.8, 4) is 0 Å². The molecule has 0 atom stereocenters. The lowest BCUT2D eigenvalue weighted by Crippen LogP contribution is -2.46. The molecule has 1 heterocycles. The lowest BCUT2D eigenvalue weighted by molar-refractivity contribution is -0.154. The van der Waals surface area contributed by atoms with Gasteiger partial charge < -0.3 is 14.6 Å². The molecule has 0 aromatic carbocycles. The molecule has 1 fully saturated rings. The molecular weight excluding hydrogens is 302 g/mol. The number of aliphatic carboxylic acids is 1. The van der Waals surface area contributed by atoms with Gasteiger partial charge in [0, 0.05) is 26.2 Å². The van der Waals surface area contributed by atoms with Gasteiger partial charge in [-0.1, -0.05) is 0 Å². The second-order valence-electron chi connectivity index (χ2n) is 5.02. The highest BCUT2D eigenvalue weighted by Crippen LogP contribution is 2.30. The van der Waals surface area contributed by atoms with Crippen LogP contribution in [0.4, 0.5) is 0 Å². The SMILES string of the molecule is COC(=O)CCCS(=O)(=O)NCC1(C(=O)O)CCOCC1. The first-order valence-electron chi connectivity index (χ1n) is 6.67. The van der Waals surface area contributed by atoms with Crippen molar-refractivity contribution in [2.24, 2.45) is 5.41 Å². The number of carboxylic acid groups (broad SMARTS) is 1. The van der Waals surface area contributed by atoms with E-state index in [1.165, 1.54) is 7.11 Å². The van der Waals surface area contributed by atoms with E-state index < -0.39 is 27.4 Å². The molecule has 0 radical (unpaired) electrons. The Morgan fingerprint density at radius 3 is 2.48 bits per heavy atom.